The number of nitrogens with one attached hydrogen (secondary N) is 1. The fraction of sp³-hybridized carbons (Fsp3) is 0.176. The maximum Gasteiger partial charge on any atom is 0.264 e. The SMILES string of the molecule is O=[SH](=O)CCCN(c1cccc2[nH]cc(Cl)c12)S(=O)(=O)c1ccccc1. The van der Waals surface area contributed by atoms with Gasteiger partial charge >= 0.3 is 0 Å². The van der Waals surface area contributed by atoms with E-state index in [1.165, 1.54) is 16.4 Å². The summed E-state index contributed by atoms with van der Waals surface area (Å²) in [6.45, 7) is 0.0289. The zero-order valence-corrected chi connectivity index (χ0v) is 16.1. The van der Waals surface area contributed by atoms with Crippen LogP contribution in [-0.2, 0) is 20.7 Å². The van der Waals surface area contributed by atoms with E-state index in [0.29, 0.717) is 21.6 Å². The number of halogens is 1. The molecule has 0 atom stereocenters. The molecule has 9 heteroatoms. The number of hydrogen-bond donors (Lipinski definition) is 2. The Balaban J connectivity index is 2.13. The first kappa shape index (κ1) is 18.8. The highest BCUT2D eigenvalue weighted by Crippen LogP contribution is 2.35. The third-order valence-electron chi connectivity index (χ3n) is 3.94. The van der Waals surface area contributed by atoms with Crippen molar-refractivity contribution >= 4 is 48.9 Å². The zero-order chi connectivity index (χ0) is 18.7. The van der Waals surface area contributed by atoms with E-state index in [-0.39, 0.29) is 23.6 Å². The van der Waals surface area contributed by atoms with Crippen LogP contribution in [0.1, 0.15) is 6.42 Å². The standard InChI is InChI=1S/C17H17ClN2O4S2/c18-14-12-19-15-8-4-9-16(17(14)15)20(10-5-11-25(21)22)26(23,24)13-6-2-1-3-7-13/h1-4,6-9,12,19,25H,5,10-11H2. The van der Waals surface area contributed by atoms with Crippen LogP contribution in [0.4, 0.5) is 5.69 Å². The molecule has 0 bridgehead atoms. The third kappa shape index (κ3) is 3.72. The lowest BCUT2D eigenvalue weighted by Crippen LogP contribution is -2.32. The van der Waals surface area contributed by atoms with Crippen LogP contribution in [0.15, 0.2) is 59.6 Å². The van der Waals surface area contributed by atoms with Crippen LogP contribution in [0.3, 0.4) is 0 Å². The van der Waals surface area contributed by atoms with Crippen LogP contribution in [0.25, 0.3) is 10.9 Å². The average Bonchev–Trinajstić information content (AvgIpc) is 3.01. The normalized spacial score (nSPS) is 11.9. The maximum absolute atomic E-state index is 13.2. The predicted octanol–water partition coefficient (Wildman–Crippen LogP) is 3.02. The number of benzene rings is 2. The van der Waals surface area contributed by atoms with E-state index in [9.17, 15) is 16.8 Å². The summed E-state index contributed by atoms with van der Waals surface area (Å²) in [6, 6.07) is 13.2. The topological polar surface area (TPSA) is 87.3 Å². The number of anilines is 1. The van der Waals surface area contributed by atoms with Gasteiger partial charge in [0, 0.05) is 29.4 Å². The molecule has 1 aromatic heterocycles. The molecule has 26 heavy (non-hydrogen) atoms. The van der Waals surface area contributed by atoms with E-state index in [4.69, 9.17) is 11.6 Å². The van der Waals surface area contributed by atoms with Crippen molar-refractivity contribution < 1.29 is 16.8 Å². The van der Waals surface area contributed by atoms with Crippen LogP contribution < -0.4 is 4.31 Å². The molecule has 0 aliphatic rings. The van der Waals surface area contributed by atoms with E-state index < -0.39 is 20.7 Å². The summed E-state index contributed by atoms with van der Waals surface area (Å²) in [7, 11) is -6.45. The van der Waals surface area contributed by atoms with Gasteiger partial charge in [0.15, 0.2) is 0 Å². The Morgan fingerprint density at radius 1 is 1.04 bits per heavy atom. The quantitative estimate of drug-likeness (QED) is 0.584. The average molecular weight is 413 g/mol. The van der Waals surface area contributed by atoms with Gasteiger partial charge in [-0.15, -0.1) is 0 Å². The summed E-state index contributed by atoms with van der Waals surface area (Å²) >= 11 is 6.25. The lowest BCUT2D eigenvalue weighted by molar-refractivity contribution is 0.588. The molecule has 0 spiro atoms. The van der Waals surface area contributed by atoms with E-state index in [1.807, 2.05) is 0 Å². The van der Waals surface area contributed by atoms with Gasteiger partial charge < -0.3 is 4.98 Å². The number of thiol groups is 1. The van der Waals surface area contributed by atoms with Gasteiger partial charge in [0.1, 0.15) is 10.7 Å². The molecule has 0 saturated carbocycles. The number of hydrogen-bond acceptors (Lipinski definition) is 4. The van der Waals surface area contributed by atoms with Crippen LogP contribution >= 0.6 is 11.6 Å². The molecule has 0 fully saturated rings. The van der Waals surface area contributed by atoms with Gasteiger partial charge in [-0.3, -0.25) is 4.31 Å². The molecule has 6 nitrogen and oxygen atoms in total. The minimum absolute atomic E-state index is 0.0289. The Kier molecular flexibility index (Phi) is 5.55. The van der Waals surface area contributed by atoms with Crippen molar-refractivity contribution in [3.8, 4) is 0 Å². The molecule has 2 aromatic carbocycles. The Hall–Kier alpha value is -2.03. The van der Waals surface area contributed by atoms with Gasteiger partial charge in [-0.2, -0.15) is 0 Å². The second-order valence-corrected chi connectivity index (χ2v) is 9.02. The molecular weight excluding hydrogens is 396 g/mol. The van der Waals surface area contributed by atoms with Gasteiger partial charge in [-0.25, -0.2) is 16.8 Å². The third-order valence-corrected chi connectivity index (χ3v) is 6.74. The van der Waals surface area contributed by atoms with Crippen LogP contribution in [-0.4, -0.2) is 34.1 Å². The fourth-order valence-corrected chi connectivity index (χ4v) is 4.95. The number of aromatic nitrogens is 1. The van der Waals surface area contributed by atoms with Crippen molar-refractivity contribution in [2.45, 2.75) is 11.3 Å². The first-order valence-electron chi connectivity index (χ1n) is 7.86. The smallest absolute Gasteiger partial charge is 0.264 e. The number of nitrogens with zero attached hydrogens (tertiary/aromatic N) is 1. The molecule has 0 radical (unpaired) electrons. The number of aromatic amines is 1. The molecule has 0 aliphatic carbocycles. The summed E-state index contributed by atoms with van der Waals surface area (Å²) < 4.78 is 49.4. The van der Waals surface area contributed by atoms with Gasteiger partial charge in [0.05, 0.1) is 15.6 Å². The predicted molar refractivity (Wildman–Crippen MR) is 104 cm³/mol. The van der Waals surface area contributed by atoms with Crippen molar-refractivity contribution in [2.75, 3.05) is 16.6 Å². The summed E-state index contributed by atoms with van der Waals surface area (Å²) in [4.78, 5) is 3.13. The van der Waals surface area contributed by atoms with Crippen molar-refractivity contribution in [3.05, 3.63) is 59.8 Å². The molecule has 0 aliphatic heterocycles. The Labute approximate surface area is 158 Å². The molecule has 0 amide bonds. The minimum Gasteiger partial charge on any atom is -0.360 e. The second kappa shape index (κ2) is 7.69. The molecule has 1 heterocycles. The summed E-state index contributed by atoms with van der Waals surface area (Å²) in [5.41, 5.74) is 1.12. The first-order valence-corrected chi connectivity index (χ1v) is 11.0. The molecule has 138 valence electrons. The highest BCUT2D eigenvalue weighted by Gasteiger charge is 2.26. The molecular formula is C17H17ClN2O4S2. The molecule has 1 N–H and O–H groups in total. The lowest BCUT2D eigenvalue weighted by Gasteiger charge is -2.25. The Morgan fingerprint density at radius 3 is 2.46 bits per heavy atom. The highest BCUT2D eigenvalue weighted by atomic mass is 35.5. The van der Waals surface area contributed by atoms with Crippen molar-refractivity contribution in [1.82, 2.24) is 4.98 Å². The van der Waals surface area contributed by atoms with Crippen molar-refractivity contribution in [3.63, 3.8) is 0 Å². The number of H-pyrrole nitrogens is 1. The van der Waals surface area contributed by atoms with Crippen LogP contribution in [0.2, 0.25) is 5.02 Å². The second-order valence-electron chi connectivity index (χ2n) is 5.64. The maximum atomic E-state index is 13.2. The minimum atomic E-state index is -3.87. The Bertz CT molecular complexity index is 1080. The number of rotatable bonds is 7. The van der Waals surface area contributed by atoms with E-state index >= 15 is 0 Å². The van der Waals surface area contributed by atoms with E-state index in [1.54, 1.807) is 42.6 Å². The zero-order valence-electron chi connectivity index (χ0n) is 13.6. The van der Waals surface area contributed by atoms with Crippen LogP contribution in [0.5, 0.6) is 0 Å². The Morgan fingerprint density at radius 2 is 1.77 bits per heavy atom. The summed E-state index contributed by atoms with van der Waals surface area (Å²) in [6.07, 6.45) is 1.78. The molecule has 3 rings (SSSR count). The highest BCUT2D eigenvalue weighted by molar-refractivity contribution is 7.92. The fourth-order valence-electron chi connectivity index (χ4n) is 2.77. The molecule has 0 saturated heterocycles. The van der Waals surface area contributed by atoms with Crippen molar-refractivity contribution in [2.24, 2.45) is 0 Å². The monoisotopic (exact) mass is 412 g/mol. The lowest BCUT2D eigenvalue weighted by atomic mass is 10.2. The number of fused-ring (bicyclic) bond motifs is 1. The summed E-state index contributed by atoms with van der Waals surface area (Å²) in [5.74, 6) is -0.0903. The van der Waals surface area contributed by atoms with Gasteiger partial charge in [-0.05, 0) is 30.7 Å². The first-order chi connectivity index (χ1) is 12.4. The van der Waals surface area contributed by atoms with Gasteiger partial charge in [-0.1, -0.05) is 35.9 Å². The van der Waals surface area contributed by atoms with Gasteiger partial charge in [0.25, 0.3) is 10.0 Å². The molecule has 0 unspecified atom stereocenters. The molecule has 3 aromatic rings. The van der Waals surface area contributed by atoms with Crippen molar-refractivity contribution in [1.29, 1.82) is 0 Å². The largest absolute Gasteiger partial charge is 0.360 e. The summed E-state index contributed by atoms with van der Waals surface area (Å²) in [5, 5.41) is 0.985. The van der Waals surface area contributed by atoms with Crippen LogP contribution in [0, 0.1) is 0 Å². The van der Waals surface area contributed by atoms with E-state index in [0.717, 1.165) is 0 Å². The van der Waals surface area contributed by atoms with Gasteiger partial charge in [0.2, 0.25) is 0 Å². The number of sulfonamides is 1. The van der Waals surface area contributed by atoms with E-state index in [2.05, 4.69) is 4.98 Å².